The minimum atomic E-state index is -0.315. The SMILES string of the molecule is CC/C=C/C/C=C/C/C(=C/C/C=C/C/C=C/CCC[C]=O)[N+](=O)[O-]. The lowest BCUT2D eigenvalue weighted by molar-refractivity contribution is -0.427. The van der Waals surface area contributed by atoms with Gasteiger partial charge in [-0.2, -0.15) is 0 Å². The normalized spacial score (nSPS) is 13.0. The van der Waals surface area contributed by atoms with E-state index in [-0.39, 0.29) is 10.6 Å². The second-order valence-corrected chi connectivity index (χ2v) is 5.19. The van der Waals surface area contributed by atoms with E-state index in [1.54, 1.807) is 6.08 Å². The molecule has 1 radical (unpaired) electrons. The van der Waals surface area contributed by atoms with Gasteiger partial charge in [-0.05, 0) is 44.6 Å². The Bertz CT molecular complexity index is 485. The van der Waals surface area contributed by atoms with E-state index in [1.807, 2.05) is 42.7 Å². The summed E-state index contributed by atoms with van der Waals surface area (Å²) in [5, 5.41) is 11.0. The molecule has 0 fully saturated rings. The van der Waals surface area contributed by atoms with Crippen molar-refractivity contribution in [2.45, 2.75) is 58.3 Å². The smallest absolute Gasteiger partial charge is 0.246 e. The van der Waals surface area contributed by atoms with Crippen LogP contribution in [-0.4, -0.2) is 11.2 Å². The van der Waals surface area contributed by atoms with E-state index in [1.165, 1.54) is 0 Å². The fraction of sp³-hybridized carbons (Fsp3) is 0.450. The van der Waals surface area contributed by atoms with E-state index in [2.05, 4.69) is 19.1 Å². The first-order chi connectivity index (χ1) is 11.7. The average Bonchev–Trinajstić information content (AvgIpc) is 2.57. The van der Waals surface area contributed by atoms with Gasteiger partial charge in [0.15, 0.2) is 6.29 Å². The van der Waals surface area contributed by atoms with Crippen molar-refractivity contribution in [3.8, 4) is 0 Å². The van der Waals surface area contributed by atoms with Gasteiger partial charge in [0.25, 0.3) is 0 Å². The van der Waals surface area contributed by atoms with Crippen molar-refractivity contribution in [1.82, 2.24) is 0 Å². The van der Waals surface area contributed by atoms with Crippen LogP contribution in [0.3, 0.4) is 0 Å². The predicted molar refractivity (Wildman–Crippen MR) is 99.9 cm³/mol. The van der Waals surface area contributed by atoms with Gasteiger partial charge in [0.1, 0.15) is 0 Å². The summed E-state index contributed by atoms with van der Waals surface area (Å²) < 4.78 is 0. The first-order valence-corrected chi connectivity index (χ1v) is 8.50. The summed E-state index contributed by atoms with van der Waals surface area (Å²) in [7, 11) is 0. The molecular weight excluding hydrogens is 302 g/mol. The molecule has 4 nitrogen and oxygen atoms in total. The van der Waals surface area contributed by atoms with E-state index in [4.69, 9.17) is 0 Å². The molecule has 0 heterocycles. The van der Waals surface area contributed by atoms with Gasteiger partial charge in [0, 0.05) is 6.42 Å². The first-order valence-electron chi connectivity index (χ1n) is 8.50. The molecule has 0 atom stereocenters. The summed E-state index contributed by atoms with van der Waals surface area (Å²) in [6.45, 7) is 2.07. The Labute approximate surface area is 145 Å². The monoisotopic (exact) mass is 330 g/mol. The Morgan fingerprint density at radius 2 is 1.58 bits per heavy atom. The van der Waals surface area contributed by atoms with E-state index >= 15 is 0 Å². The van der Waals surface area contributed by atoms with Crippen LogP contribution < -0.4 is 0 Å². The molecule has 0 unspecified atom stereocenters. The number of allylic oxidation sites excluding steroid dienone is 9. The van der Waals surface area contributed by atoms with Gasteiger partial charge in [-0.25, -0.2) is 0 Å². The van der Waals surface area contributed by atoms with Crippen LogP contribution in [0, 0.1) is 10.1 Å². The molecule has 0 rings (SSSR count). The molecular formula is C20H28NO3. The van der Waals surface area contributed by atoms with E-state index < -0.39 is 0 Å². The maximum Gasteiger partial charge on any atom is 0.246 e. The number of rotatable bonds is 14. The third-order valence-corrected chi connectivity index (χ3v) is 3.15. The maximum atomic E-state index is 11.0. The molecule has 131 valence electrons. The molecule has 0 spiro atoms. The Morgan fingerprint density at radius 3 is 2.25 bits per heavy atom. The van der Waals surface area contributed by atoms with Gasteiger partial charge >= 0.3 is 0 Å². The first kappa shape index (κ1) is 21.8. The fourth-order valence-electron chi connectivity index (χ4n) is 1.86. The summed E-state index contributed by atoms with van der Waals surface area (Å²) in [6.07, 6.45) is 25.2. The van der Waals surface area contributed by atoms with Gasteiger partial charge < -0.3 is 0 Å². The van der Waals surface area contributed by atoms with Crippen LogP contribution in [0.15, 0.2) is 60.4 Å². The van der Waals surface area contributed by atoms with E-state index in [9.17, 15) is 14.9 Å². The van der Waals surface area contributed by atoms with Crippen molar-refractivity contribution in [2.24, 2.45) is 0 Å². The molecule has 24 heavy (non-hydrogen) atoms. The molecule has 0 amide bonds. The summed E-state index contributed by atoms with van der Waals surface area (Å²) in [6, 6.07) is 0. The molecule has 0 aromatic heterocycles. The molecule has 0 aromatic carbocycles. The zero-order valence-corrected chi connectivity index (χ0v) is 14.5. The van der Waals surface area contributed by atoms with Crippen molar-refractivity contribution in [1.29, 1.82) is 0 Å². The zero-order valence-electron chi connectivity index (χ0n) is 14.5. The second-order valence-electron chi connectivity index (χ2n) is 5.19. The number of nitrogens with zero attached hydrogens (tertiary/aromatic N) is 1. The molecule has 0 saturated carbocycles. The Hall–Kier alpha value is -2.23. The molecule has 0 aliphatic heterocycles. The third-order valence-electron chi connectivity index (χ3n) is 3.15. The lowest BCUT2D eigenvalue weighted by Crippen LogP contribution is -1.97. The number of carbonyl (C=O) groups excluding carboxylic acids is 1. The predicted octanol–water partition coefficient (Wildman–Crippen LogP) is 5.62. The Kier molecular flexibility index (Phi) is 15.5. The average molecular weight is 330 g/mol. The number of nitro groups is 1. The van der Waals surface area contributed by atoms with Crippen molar-refractivity contribution >= 4 is 6.29 Å². The Morgan fingerprint density at radius 1 is 0.958 bits per heavy atom. The van der Waals surface area contributed by atoms with Crippen LogP contribution in [0.1, 0.15) is 58.3 Å². The quantitative estimate of drug-likeness (QED) is 0.180. The highest BCUT2D eigenvalue weighted by Crippen LogP contribution is 2.06. The van der Waals surface area contributed by atoms with Crippen LogP contribution in [0.2, 0.25) is 0 Å². The van der Waals surface area contributed by atoms with Crippen molar-refractivity contribution in [2.75, 3.05) is 0 Å². The number of hydrogen-bond acceptors (Lipinski definition) is 3. The fourth-order valence-corrected chi connectivity index (χ4v) is 1.86. The van der Waals surface area contributed by atoms with Gasteiger partial charge in [-0.15, -0.1) is 0 Å². The minimum Gasteiger partial charge on any atom is -0.291 e. The minimum absolute atomic E-state index is 0.232. The van der Waals surface area contributed by atoms with E-state index in [0.717, 1.165) is 32.1 Å². The van der Waals surface area contributed by atoms with Crippen LogP contribution in [0.4, 0.5) is 0 Å². The topological polar surface area (TPSA) is 60.2 Å². The van der Waals surface area contributed by atoms with Crippen LogP contribution >= 0.6 is 0 Å². The summed E-state index contributed by atoms with van der Waals surface area (Å²) in [4.78, 5) is 20.7. The van der Waals surface area contributed by atoms with Crippen LogP contribution in [0.5, 0.6) is 0 Å². The summed E-state index contributed by atoms with van der Waals surface area (Å²) >= 11 is 0. The highest BCUT2D eigenvalue weighted by Gasteiger charge is 2.06. The Balaban J connectivity index is 4.06. The lowest BCUT2D eigenvalue weighted by atomic mass is 10.2. The van der Waals surface area contributed by atoms with Gasteiger partial charge in [0.2, 0.25) is 5.70 Å². The largest absolute Gasteiger partial charge is 0.291 e. The molecule has 4 heteroatoms. The lowest BCUT2D eigenvalue weighted by Gasteiger charge is -1.93. The summed E-state index contributed by atoms with van der Waals surface area (Å²) in [5.74, 6) is 0. The zero-order chi connectivity index (χ0) is 17.9. The maximum absolute atomic E-state index is 11.0. The number of hydrogen-bond donors (Lipinski definition) is 0. The van der Waals surface area contributed by atoms with Crippen LogP contribution in [-0.2, 0) is 4.79 Å². The molecule has 0 aliphatic rings. The standard InChI is InChI=1S/C20H28NO3/c1-2-3-4-5-11-14-17-20(21(23)24)18-15-12-9-7-6-8-10-13-16-19-22/h3-4,6,8-9,11-12,14,18H,2,5,7,10,13,15-17H2,1H3/b4-3+,8-6+,12-9+,14-11+,20-18-. The van der Waals surface area contributed by atoms with Gasteiger partial charge in [0.05, 0.1) is 11.3 Å². The molecule has 0 saturated heterocycles. The van der Waals surface area contributed by atoms with Gasteiger partial charge in [-0.1, -0.05) is 55.5 Å². The third kappa shape index (κ3) is 14.7. The van der Waals surface area contributed by atoms with E-state index in [0.29, 0.717) is 19.3 Å². The molecule has 0 N–H and O–H groups in total. The van der Waals surface area contributed by atoms with Crippen LogP contribution in [0.25, 0.3) is 0 Å². The molecule has 0 bridgehead atoms. The second kappa shape index (κ2) is 17.1. The van der Waals surface area contributed by atoms with Crippen molar-refractivity contribution < 1.29 is 9.72 Å². The molecule has 0 aromatic rings. The highest BCUT2D eigenvalue weighted by molar-refractivity contribution is 5.50. The summed E-state index contributed by atoms with van der Waals surface area (Å²) in [5.41, 5.74) is 0.232. The number of unbranched alkanes of at least 4 members (excludes halogenated alkanes) is 2. The van der Waals surface area contributed by atoms with Gasteiger partial charge in [-0.3, -0.25) is 14.9 Å². The van der Waals surface area contributed by atoms with Crippen molar-refractivity contribution in [3.63, 3.8) is 0 Å². The molecule has 0 aliphatic carbocycles. The highest BCUT2D eigenvalue weighted by atomic mass is 16.6. The van der Waals surface area contributed by atoms with Crippen molar-refractivity contribution in [3.05, 3.63) is 70.5 Å².